The van der Waals surface area contributed by atoms with E-state index in [0.29, 0.717) is 18.0 Å². The number of thiophene rings is 1. The molecule has 1 fully saturated rings. The van der Waals surface area contributed by atoms with E-state index in [1.165, 1.54) is 55.8 Å². The molecular formula is C22H27FN4OS. The molecule has 1 saturated heterocycles. The fraction of sp³-hybridized carbons (Fsp3) is 0.455. The highest BCUT2D eigenvalue weighted by Gasteiger charge is 2.16. The summed E-state index contributed by atoms with van der Waals surface area (Å²) in [5.41, 5.74) is 1.88. The summed E-state index contributed by atoms with van der Waals surface area (Å²) in [7, 11) is 0. The second-order valence-corrected chi connectivity index (χ2v) is 8.74. The van der Waals surface area contributed by atoms with Crippen LogP contribution in [-0.4, -0.2) is 46.8 Å². The van der Waals surface area contributed by atoms with E-state index in [2.05, 4.69) is 15.3 Å². The number of rotatable bonds is 7. The number of nitrogens with one attached hydrogen (secondary N) is 1. The number of nitrogens with zero attached hydrogens (tertiary/aromatic N) is 3. The molecule has 0 radical (unpaired) electrons. The SMILES string of the molecule is Cc1nn(Cc2ccc(F)cc2)c2sc(C(=O)NCCCN3CCCCC3)cc12. The van der Waals surface area contributed by atoms with E-state index in [4.69, 9.17) is 0 Å². The molecular weight excluding hydrogens is 387 g/mol. The maximum absolute atomic E-state index is 13.1. The topological polar surface area (TPSA) is 50.2 Å². The number of amides is 1. The average molecular weight is 415 g/mol. The van der Waals surface area contributed by atoms with Gasteiger partial charge in [0.05, 0.1) is 17.1 Å². The average Bonchev–Trinajstić information content (AvgIpc) is 3.29. The number of hydrogen-bond acceptors (Lipinski definition) is 4. The van der Waals surface area contributed by atoms with Gasteiger partial charge in [-0.1, -0.05) is 18.6 Å². The molecule has 1 aliphatic heterocycles. The molecule has 3 heterocycles. The molecule has 154 valence electrons. The van der Waals surface area contributed by atoms with E-state index in [1.54, 1.807) is 12.1 Å². The lowest BCUT2D eigenvalue weighted by Gasteiger charge is -2.26. The van der Waals surface area contributed by atoms with Crippen LogP contribution in [0, 0.1) is 12.7 Å². The van der Waals surface area contributed by atoms with Gasteiger partial charge in [-0.3, -0.25) is 9.48 Å². The summed E-state index contributed by atoms with van der Waals surface area (Å²) in [6, 6.07) is 8.38. The van der Waals surface area contributed by atoms with Crippen molar-refractivity contribution < 1.29 is 9.18 Å². The van der Waals surface area contributed by atoms with E-state index < -0.39 is 0 Å². The van der Waals surface area contributed by atoms with Crippen LogP contribution in [0.25, 0.3) is 10.2 Å². The van der Waals surface area contributed by atoms with E-state index in [0.717, 1.165) is 34.4 Å². The molecule has 1 N–H and O–H groups in total. The smallest absolute Gasteiger partial charge is 0.261 e. The van der Waals surface area contributed by atoms with Crippen LogP contribution in [-0.2, 0) is 6.54 Å². The summed E-state index contributed by atoms with van der Waals surface area (Å²) < 4.78 is 15.0. The molecule has 3 aromatic rings. The van der Waals surface area contributed by atoms with Gasteiger partial charge in [-0.25, -0.2) is 4.39 Å². The van der Waals surface area contributed by atoms with Crippen LogP contribution in [0.2, 0.25) is 0 Å². The molecule has 0 spiro atoms. The number of carbonyl (C=O) groups excluding carboxylic acids is 1. The molecule has 0 bridgehead atoms. The van der Waals surface area contributed by atoms with Crippen LogP contribution in [0.1, 0.15) is 46.6 Å². The Morgan fingerprint density at radius 2 is 1.97 bits per heavy atom. The minimum Gasteiger partial charge on any atom is -0.351 e. The minimum absolute atomic E-state index is 0.0161. The van der Waals surface area contributed by atoms with Crippen molar-refractivity contribution in [1.82, 2.24) is 20.0 Å². The van der Waals surface area contributed by atoms with E-state index >= 15 is 0 Å². The Kier molecular flexibility index (Phi) is 6.25. The molecule has 2 aromatic heterocycles. The molecule has 4 rings (SSSR count). The van der Waals surface area contributed by atoms with Crippen LogP contribution in [0.3, 0.4) is 0 Å². The monoisotopic (exact) mass is 414 g/mol. The van der Waals surface area contributed by atoms with Crippen molar-refractivity contribution >= 4 is 27.5 Å². The first-order valence-electron chi connectivity index (χ1n) is 10.3. The minimum atomic E-state index is -0.245. The number of fused-ring (bicyclic) bond motifs is 1. The van der Waals surface area contributed by atoms with Gasteiger partial charge in [0.15, 0.2) is 0 Å². The summed E-state index contributed by atoms with van der Waals surface area (Å²) in [4.78, 5) is 16.8. The van der Waals surface area contributed by atoms with Gasteiger partial charge in [0.1, 0.15) is 10.6 Å². The number of aryl methyl sites for hydroxylation is 1. The number of aromatic nitrogens is 2. The van der Waals surface area contributed by atoms with Crippen LogP contribution >= 0.6 is 11.3 Å². The molecule has 1 aromatic carbocycles. The van der Waals surface area contributed by atoms with Gasteiger partial charge in [-0.05, 0) is 69.6 Å². The molecule has 29 heavy (non-hydrogen) atoms. The number of halogens is 1. The largest absolute Gasteiger partial charge is 0.351 e. The first-order chi connectivity index (χ1) is 14.1. The number of likely N-dealkylation sites (tertiary alicyclic amines) is 1. The van der Waals surface area contributed by atoms with E-state index in [9.17, 15) is 9.18 Å². The van der Waals surface area contributed by atoms with Gasteiger partial charge in [-0.2, -0.15) is 5.10 Å². The third-order valence-corrected chi connectivity index (χ3v) is 6.61. The van der Waals surface area contributed by atoms with Crippen molar-refractivity contribution in [2.45, 2.75) is 39.2 Å². The Labute approximate surface area is 174 Å². The van der Waals surface area contributed by atoms with E-state index in [-0.39, 0.29) is 11.7 Å². The van der Waals surface area contributed by atoms with Crippen LogP contribution in [0.4, 0.5) is 4.39 Å². The fourth-order valence-electron chi connectivity index (χ4n) is 3.87. The normalized spacial score (nSPS) is 15.1. The van der Waals surface area contributed by atoms with Crippen molar-refractivity contribution in [2.75, 3.05) is 26.2 Å². The van der Waals surface area contributed by atoms with Gasteiger partial charge in [0, 0.05) is 11.9 Å². The predicted octanol–water partition coefficient (Wildman–Crippen LogP) is 4.20. The Bertz CT molecular complexity index is 973. The number of benzene rings is 1. The highest BCUT2D eigenvalue weighted by atomic mass is 32.1. The number of piperidine rings is 1. The summed E-state index contributed by atoms with van der Waals surface area (Å²) in [6.45, 7) is 6.64. The van der Waals surface area contributed by atoms with Crippen LogP contribution < -0.4 is 5.32 Å². The van der Waals surface area contributed by atoms with Crippen molar-refractivity contribution in [2.24, 2.45) is 0 Å². The zero-order valence-corrected chi connectivity index (χ0v) is 17.6. The number of hydrogen-bond donors (Lipinski definition) is 1. The molecule has 1 aliphatic rings. The molecule has 0 atom stereocenters. The molecule has 0 saturated carbocycles. The zero-order chi connectivity index (χ0) is 20.2. The predicted molar refractivity (Wildman–Crippen MR) is 115 cm³/mol. The van der Waals surface area contributed by atoms with Crippen LogP contribution in [0.5, 0.6) is 0 Å². The first kappa shape index (κ1) is 20.0. The summed E-state index contributed by atoms with van der Waals surface area (Å²) in [6.07, 6.45) is 4.91. The summed E-state index contributed by atoms with van der Waals surface area (Å²) >= 11 is 1.47. The standard InChI is InChI=1S/C22H27FN4OS/c1-16-19-14-20(21(28)24-10-5-13-26-11-3-2-4-12-26)29-22(19)27(25-16)15-17-6-8-18(23)9-7-17/h6-9,14H,2-5,10-13,15H2,1H3,(H,24,28). The van der Waals surface area contributed by atoms with Crippen molar-refractivity contribution in [3.8, 4) is 0 Å². The van der Waals surface area contributed by atoms with Gasteiger partial charge in [0.2, 0.25) is 0 Å². The first-order valence-corrected chi connectivity index (χ1v) is 11.1. The second-order valence-electron chi connectivity index (χ2n) is 7.71. The lowest BCUT2D eigenvalue weighted by Crippen LogP contribution is -2.33. The Hall–Kier alpha value is -2.25. The molecule has 5 nitrogen and oxygen atoms in total. The quantitative estimate of drug-likeness (QED) is 0.590. The number of carbonyl (C=O) groups is 1. The second kappa shape index (κ2) is 9.05. The highest BCUT2D eigenvalue weighted by molar-refractivity contribution is 7.20. The van der Waals surface area contributed by atoms with Gasteiger partial charge < -0.3 is 10.2 Å². The Morgan fingerprint density at radius 1 is 1.21 bits per heavy atom. The lowest BCUT2D eigenvalue weighted by molar-refractivity contribution is 0.0955. The summed E-state index contributed by atoms with van der Waals surface area (Å²) in [5.74, 6) is -0.261. The molecule has 0 aliphatic carbocycles. The Morgan fingerprint density at radius 3 is 2.72 bits per heavy atom. The van der Waals surface area contributed by atoms with Gasteiger partial charge in [0.25, 0.3) is 5.91 Å². The Balaban J connectivity index is 1.37. The lowest BCUT2D eigenvalue weighted by atomic mass is 10.1. The van der Waals surface area contributed by atoms with Crippen molar-refractivity contribution in [3.05, 3.63) is 52.3 Å². The zero-order valence-electron chi connectivity index (χ0n) is 16.8. The molecule has 0 unspecified atom stereocenters. The summed E-state index contributed by atoms with van der Waals surface area (Å²) in [5, 5.41) is 8.66. The van der Waals surface area contributed by atoms with Crippen LogP contribution in [0.15, 0.2) is 30.3 Å². The fourth-order valence-corrected chi connectivity index (χ4v) is 4.95. The van der Waals surface area contributed by atoms with Gasteiger partial charge >= 0.3 is 0 Å². The molecule has 7 heteroatoms. The van der Waals surface area contributed by atoms with Gasteiger partial charge in [-0.15, -0.1) is 11.3 Å². The van der Waals surface area contributed by atoms with E-state index in [1.807, 2.05) is 17.7 Å². The van der Waals surface area contributed by atoms with Crippen molar-refractivity contribution in [3.63, 3.8) is 0 Å². The van der Waals surface area contributed by atoms with Crippen molar-refractivity contribution in [1.29, 1.82) is 0 Å². The third-order valence-electron chi connectivity index (χ3n) is 5.46. The molecule has 1 amide bonds. The maximum atomic E-state index is 13.1. The highest BCUT2D eigenvalue weighted by Crippen LogP contribution is 2.29. The third kappa shape index (κ3) is 4.85. The maximum Gasteiger partial charge on any atom is 0.261 e.